The normalized spacial score (nSPS) is 23.4. The van der Waals surface area contributed by atoms with Crippen molar-refractivity contribution in [1.29, 1.82) is 0 Å². The summed E-state index contributed by atoms with van der Waals surface area (Å²) in [4.78, 5) is 38.3. The van der Waals surface area contributed by atoms with Gasteiger partial charge in [0.1, 0.15) is 6.04 Å². The third-order valence-corrected chi connectivity index (χ3v) is 5.24. The average molecular weight is 373 g/mol. The Hall–Kier alpha value is -2.61. The molecule has 3 heterocycles. The smallest absolute Gasteiger partial charge is 0.338 e. The second-order valence-corrected chi connectivity index (χ2v) is 7.09. The van der Waals surface area contributed by atoms with Gasteiger partial charge in [0.15, 0.2) is 6.61 Å². The molecule has 1 aromatic carbocycles. The van der Waals surface area contributed by atoms with Crippen molar-refractivity contribution in [3.63, 3.8) is 0 Å². The molecule has 3 aliphatic rings. The second-order valence-electron chi connectivity index (χ2n) is 7.09. The lowest BCUT2D eigenvalue weighted by molar-refractivity contribution is -0.124. The maximum atomic E-state index is 12.3. The molecule has 3 aliphatic heterocycles. The van der Waals surface area contributed by atoms with Crippen molar-refractivity contribution < 1.29 is 23.9 Å². The molecule has 27 heavy (non-hydrogen) atoms. The van der Waals surface area contributed by atoms with E-state index in [2.05, 4.69) is 15.5 Å². The molecule has 1 aromatic rings. The lowest BCUT2D eigenvalue weighted by Gasteiger charge is -2.33. The number of anilines is 2. The number of fused-ring (bicyclic) bond motifs is 3. The lowest BCUT2D eigenvalue weighted by atomic mass is 10.1. The van der Waals surface area contributed by atoms with Gasteiger partial charge in [0.25, 0.3) is 5.91 Å². The third kappa shape index (κ3) is 3.75. The van der Waals surface area contributed by atoms with Gasteiger partial charge < -0.3 is 25.0 Å². The molecule has 4 rings (SSSR count). The van der Waals surface area contributed by atoms with Gasteiger partial charge in [-0.25, -0.2) is 4.79 Å². The van der Waals surface area contributed by atoms with Gasteiger partial charge in [0.2, 0.25) is 5.91 Å². The molecule has 0 bridgehead atoms. The number of carbonyl (C=O) groups is 3. The molecule has 2 fully saturated rings. The van der Waals surface area contributed by atoms with Crippen LogP contribution < -0.4 is 15.5 Å². The molecular formula is C19H23N3O5. The van der Waals surface area contributed by atoms with E-state index in [1.165, 1.54) is 0 Å². The van der Waals surface area contributed by atoms with E-state index in [9.17, 15) is 14.4 Å². The summed E-state index contributed by atoms with van der Waals surface area (Å²) in [5.74, 6) is -0.994. The second kappa shape index (κ2) is 7.56. The first kappa shape index (κ1) is 17.8. The van der Waals surface area contributed by atoms with Crippen LogP contribution in [0.5, 0.6) is 0 Å². The van der Waals surface area contributed by atoms with E-state index in [0.29, 0.717) is 17.8 Å². The Morgan fingerprint density at radius 1 is 1.30 bits per heavy atom. The topological polar surface area (TPSA) is 97.0 Å². The molecule has 144 valence electrons. The number of amides is 2. The maximum Gasteiger partial charge on any atom is 0.338 e. The number of carbonyl (C=O) groups excluding carboxylic acids is 3. The zero-order chi connectivity index (χ0) is 18.8. The van der Waals surface area contributed by atoms with Crippen molar-refractivity contribution >= 4 is 29.2 Å². The molecule has 8 heteroatoms. The van der Waals surface area contributed by atoms with E-state index in [-0.39, 0.29) is 30.6 Å². The van der Waals surface area contributed by atoms with Gasteiger partial charge in [-0.05, 0) is 43.9 Å². The Morgan fingerprint density at radius 3 is 3.00 bits per heavy atom. The first-order chi connectivity index (χ1) is 13.1. The highest BCUT2D eigenvalue weighted by Gasteiger charge is 2.36. The summed E-state index contributed by atoms with van der Waals surface area (Å²) in [6, 6.07) is 4.97. The molecule has 2 atom stereocenters. The third-order valence-electron chi connectivity index (χ3n) is 5.24. The predicted octanol–water partition coefficient (Wildman–Crippen LogP) is 1.06. The van der Waals surface area contributed by atoms with Crippen molar-refractivity contribution in [1.82, 2.24) is 5.32 Å². The number of rotatable bonds is 5. The van der Waals surface area contributed by atoms with Gasteiger partial charge >= 0.3 is 5.97 Å². The van der Waals surface area contributed by atoms with Gasteiger partial charge in [-0.2, -0.15) is 0 Å². The molecule has 0 radical (unpaired) electrons. The number of esters is 1. The Morgan fingerprint density at radius 2 is 2.19 bits per heavy atom. The van der Waals surface area contributed by atoms with E-state index in [4.69, 9.17) is 9.47 Å². The molecule has 2 saturated heterocycles. The minimum Gasteiger partial charge on any atom is -0.452 e. The fourth-order valence-electron chi connectivity index (χ4n) is 3.86. The van der Waals surface area contributed by atoms with Gasteiger partial charge in [0, 0.05) is 19.7 Å². The van der Waals surface area contributed by atoms with Crippen LogP contribution in [0.2, 0.25) is 0 Å². The van der Waals surface area contributed by atoms with Crippen molar-refractivity contribution in [2.75, 3.05) is 36.5 Å². The Kier molecular flexibility index (Phi) is 4.98. The Bertz CT molecular complexity index is 760. The van der Waals surface area contributed by atoms with Crippen LogP contribution in [0, 0.1) is 0 Å². The number of nitrogens with zero attached hydrogens (tertiary/aromatic N) is 1. The summed E-state index contributed by atoms with van der Waals surface area (Å²) in [5, 5.41) is 5.57. The fourth-order valence-corrected chi connectivity index (χ4v) is 3.86. The maximum absolute atomic E-state index is 12.3. The minimum absolute atomic E-state index is 0.0426. The molecule has 8 nitrogen and oxygen atoms in total. The molecule has 2 amide bonds. The van der Waals surface area contributed by atoms with Gasteiger partial charge in [-0.1, -0.05) is 0 Å². The number of nitrogens with one attached hydrogen (secondary N) is 2. The minimum atomic E-state index is -0.595. The zero-order valence-electron chi connectivity index (χ0n) is 15.0. The Balaban J connectivity index is 1.33. The summed E-state index contributed by atoms with van der Waals surface area (Å²) in [6.07, 6.45) is 3.79. The first-order valence-electron chi connectivity index (χ1n) is 9.39. The molecule has 0 saturated carbocycles. The van der Waals surface area contributed by atoms with Crippen LogP contribution in [0.4, 0.5) is 11.4 Å². The number of hydrogen-bond donors (Lipinski definition) is 2. The first-order valence-corrected chi connectivity index (χ1v) is 9.39. The van der Waals surface area contributed by atoms with Crippen molar-refractivity contribution in [2.24, 2.45) is 0 Å². The summed E-state index contributed by atoms with van der Waals surface area (Å²) in [5.41, 5.74) is 1.83. The standard InChI is InChI=1S/C19H23N3O5/c23-17(20-10-13-3-2-8-26-13)11-27-19(25)12-5-6-15-14(9-12)21-18(24)16-4-1-7-22(15)16/h5-6,9,13,16H,1-4,7-8,10-11H2,(H,20,23)(H,21,24)/t13-,16+/m0/s1. The van der Waals surface area contributed by atoms with Gasteiger partial charge in [-0.15, -0.1) is 0 Å². The van der Waals surface area contributed by atoms with Crippen LogP contribution >= 0.6 is 0 Å². The van der Waals surface area contributed by atoms with E-state index in [1.807, 2.05) is 6.07 Å². The van der Waals surface area contributed by atoms with Crippen LogP contribution in [-0.2, 0) is 19.1 Å². The summed E-state index contributed by atoms with van der Waals surface area (Å²) < 4.78 is 10.5. The quantitative estimate of drug-likeness (QED) is 0.749. The predicted molar refractivity (Wildman–Crippen MR) is 97.7 cm³/mol. The summed E-state index contributed by atoms with van der Waals surface area (Å²) >= 11 is 0. The number of hydrogen-bond acceptors (Lipinski definition) is 6. The van der Waals surface area contributed by atoms with Crippen molar-refractivity contribution in [2.45, 2.75) is 37.8 Å². The molecule has 0 aromatic heterocycles. The molecule has 0 spiro atoms. The average Bonchev–Trinajstić information content (AvgIpc) is 3.36. The monoisotopic (exact) mass is 373 g/mol. The molecule has 0 aliphatic carbocycles. The van der Waals surface area contributed by atoms with E-state index in [0.717, 1.165) is 44.5 Å². The van der Waals surface area contributed by atoms with E-state index < -0.39 is 5.97 Å². The van der Waals surface area contributed by atoms with E-state index >= 15 is 0 Å². The van der Waals surface area contributed by atoms with E-state index in [1.54, 1.807) is 12.1 Å². The SMILES string of the molecule is O=C(COC(=O)c1ccc2c(c1)NC(=O)[C@H]1CCCN21)NC[C@@H]1CCCO1. The van der Waals surface area contributed by atoms with Crippen LogP contribution in [0.15, 0.2) is 18.2 Å². The highest BCUT2D eigenvalue weighted by atomic mass is 16.5. The number of benzene rings is 1. The molecule has 2 N–H and O–H groups in total. The van der Waals surface area contributed by atoms with Gasteiger partial charge in [-0.3, -0.25) is 9.59 Å². The van der Waals surface area contributed by atoms with Crippen LogP contribution in [0.3, 0.4) is 0 Å². The van der Waals surface area contributed by atoms with Gasteiger partial charge in [0.05, 0.1) is 23.0 Å². The van der Waals surface area contributed by atoms with Crippen LogP contribution in [-0.4, -0.2) is 56.2 Å². The number of ether oxygens (including phenoxy) is 2. The largest absolute Gasteiger partial charge is 0.452 e. The van der Waals surface area contributed by atoms with Crippen LogP contribution in [0.25, 0.3) is 0 Å². The van der Waals surface area contributed by atoms with Crippen LogP contribution in [0.1, 0.15) is 36.0 Å². The van der Waals surface area contributed by atoms with Crippen molar-refractivity contribution in [3.8, 4) is 0 Å². The fraction of sp³-hybridized carbons (Fsp3) is 0.526. The summed E-state index contributed by atoms with van der Waals surface area (Å²) in [6.45, 7) is 1.64. The molecule has 0 unspecified atom stereocenters. The lowest BCUT2D eigenvalue weighted by Crippen LogP contribution is -2.43. The highest BCUT2D eigenvalue weighted by Crippen LogP contribution is 2.37. The zero-order valence-corrected chi connectivity index (χ0v) is 15.0. The summed E-state index contributed by atoms with van der Waals surface area (Å²) in [7, 11) is 0. The molecular weight excluding hydrogens is 350 g/mol. The highest BCUT2D eigenvalue weighted by molar-refractivity contribution is 6.05. The Labute approximate surface area is 157 Å². The van der Waals surface area contributed by atoms with Crippen molar-refractivity contribution in [3.05, 3.63) is 23.8 Å².